The number of carbonyl (C=O) groups excluding carboxylic acids is 3. The average Bonchev–Trinajstić information content (AvgIpc) is 4.01. The zero-order valence-electron chi connectivity index (χ0n) is 43.7. The Morgan fingerprint density at radius 3 is 1.34 bits per heavy atom. The number of nitrogens with zero attached hydrogens (tertiary/aromatic N) is 2. The molecule has 3 aliphatic heterocycles. The van der Waals surface area contributed by atoms with Gasteiger partial charge in [-0.2, -0.15) is 0 Å². The highest BCUT2D eigenvalue weighted by Crippen LogP contribution is 2.49. The van der Waals surface area contributed by atoms with Gasteiger partial charge >= 0.3 is 0 Å². The molecule has 4 atom stereocenters. The van der Waals surface area contributed by atoms with E-state index >= 15 is 0 Å². The van der Waals surface area contributed by atoms with Crippen molar-refractivity contribution in [2.75, 3.05) is 23.0 Å². The van der Waals surface area contributed by atoms with E-state index in [2.05, 4.69) is 11.8 Å². The largest absolute Gasteiger partial charge is 0.489 e. The monoisotopic (exact) mass is 1120 g/mol. The van der Waals surface area contributed by atoms with Crippen LogP contribution in [-0.2, 0) is 49.9 Å². The molecule has 3 heterocycles. The number of amides is 2. The summed E-state index contributed by atoms with van der Waals surface area (Å²) in [5.41, 5.74) is 6.36. The molecule has 9 nitrogen and oxygen atoms in total. The van der Waals surface area contributed by atoms with E-state index in [-0.39, 0.29) is 74.9 Å². The van der Waals surface area contributed by atoms with E-state index in [9.17, 15) is 31.9 Å². The minimum absolute atomic E-state index is 0. The Labute approximate surface area is 472 Å². The molecule has 8 aromatic carbocycles. The van der Waals surface area contributed by atoms with Crippen LogP contribution >= 0.6 is 7.96 Å². The summed E-state index contributed by atoms with van der Waals surface area (Å²) in [7, 11) is 0.250. The summed E-state index contributed by atoms with van der Waals surface area (Å²) in [6.45, 7) is 1.74. The first-order valence-electron chi connectivity index (χ1n) is 26.2. The first kappa shape index (κ1) is 56.8. The third-order valence-electron chi connectivity index (χ3n) is 14.2. The zero-order chi connectivity index (χ0) is 56.0. The molecule has 0 spiro atoms. The third kappa shape index (κ3) is 13.7. The molecule has 15 heteroatoms. The second kappa shape index (κ2) is 27.3. The predicted molar refractivity (Wildman–Crippen MR) is 306 cm³/mol. The van der Waals surface area contributed by atoms with Crippen molar-refractivity contribution < 1.29 is 50.9 Å². The summed E-state index contributed by atoms with van der Waals surface area (Å²) < 4.78 is 83.9. The Morgan fingerprint density at radius 1 is 0.550 bits per heavy atom. The van der Waals surface area contributed by atoms with Gasteiger partial charge in [0.2, 0.25) is 11.8 Å². The Morgan fingerprint density at radius 2 is 0.925 bits per heavy atom. The standard InChI is InChI=1S/C33H29F2NO4.C31H25F2NO3.CH4.HPS/c34-26-10-8-25(9-11-26)33(39-20-21-40-33)19-18-30-31(36(32(30)37)28-14-12-27(35)13-15-28)24-6-16-29(17-7-24)38-22-23-4-2-1-3-5-23;32-24-10-6-22(7-11-24)29(35)19-18-28-30(34(31(28)36)26-14-12-25(33)13-15-26)23-8-16-27(17-9-23)37-20-21-4-2-1-3-5-21;;1-2/h1-17,30-31H,18-22H2;1-17,28,30H,18-20H2;1H4;1H/t30-,31+;28-,30+;;/m00../s1/i;;;1T. The minimum Gasteiger partial charge on any atom is -0.489 e. The van der Waals surface area contributed by atoms with Crippen LogP contribution in [0.25, 0.3) is 0 Å². The lowest BCUT2D eigenvalue weighted by Crippen LogP contribution is -2.55. The lowest BCUT2D eigenvalue weighted by atomic mass is 9.77. The van der Waals surface area contributed by atoms with Crippen molar-refractivity contribution in [1.82, 2.24) is 0 Å². The maximum absolute atomic E-state index is 13.7. The van der Waals surface area contributed by atoms with Crippen LogP contribution in [-0.4, -0.2) is 32.1 Å². The molecule has 80 heavy (non-hydrogen) atoms. The molecule has 0 aromatic heterocycles. The van der Waals surface area contributed by atoms with Crippen molar-refractivity contribution in [3.05, 3.63) is 263 Å². The maximum Gasteiger partial charge on any atom is 0.233 e. The van der Waals surface area contributed by atoms with E-state index < -0.39 is 17.5 Å². The normalized spacial score (nSPS) is 18.0. The van der Waals surface area contributed by atoms with E-state index in [0.717, 1.165) is 33.6 Å². The highest BCUT2D eigenvalue weighted by Gasteiger charge is 2.51. The smallest absolute Gasteiger partial charge is 0.233 e. The number of ether oxygens (including phenoxy) is 4. The summed E-state index contributed by atoms with van der Waals surface area (Å²) >= 11 is 4.03. The van der Waals surface area contributed by atoms with Gasteiger partial charge < -0.3 is 28.7 Å². The number of rotatable bonds is 18. The van der Waals surface area contributed by atoms with E-state index in [4.69, 9.17) is 20.2 Å². The van der Waals surface area contributed by atoms with E-state index in [1.807, 2.05) is 109 Å². The Bertz CT molecular complexity index is 3330. The topological polar surface area (TPSA) is 94.6 Å². The first-order valence-corrected chi connectivity index (χ1v) is 27.2. The van der Waals surface area contributed by atoms with Crippen LogP contribution in [0.4, 0.5) is 28.9 Å². The molecule has 0 bridgehead atoms. The van der Waals surface area contributed by atoms with Gasteiger partial charge in [-0.3, -0.25) is 14.4 Å². The molecule has 11 rings (SSSR count). The van der Waals surface area contributed by atoms with E-state index in [1.165, 1.54) is 60.7 Å². The summed E-state index contributed by atoms with van der Waals surface area (Å²) in [5.74, 6) is -2.13. The second-order valence-electron chi connectivity index (χ2n) is 19.1. The first-order chi connectivity index (χ1) is 38.9. The SMILES string of the molecule is C.O=C(CC[C@@H]1C(=O)N(c2ccc(F)cc2)[C@@H]1c1ccc(OCc2ccccc2)cc1)c1ccc(F)cc1.O=C1[C@@H](CCC2(c3ccc(F)cc3)OCCO2)[C@@H](c2ccc(OCc3ccccc3)cc2)N1c1ccc(F)cc1.[3H]P=S. The number of β-lactam (4-membered cyclic amide) rings is 2. The Kier molecular flexibility index (Phi) is 19.4. The number of ketones is 1. The lowest BCUT2D eigenvalue weighted by Gasteiger charge is -2.48. The number of benzene rings is 8. The van der Waals surface area contributed by atoms with Gasteiger partial charge in [0.15, 0.2) is 11.6 Å². The minimum atomic E-state index is -1.02. The predicted octanol–water partition coefficient (Wildman–Crippen LogP) is 15.1. The summed E-state index contributed by atoms with van der Waals surface area (Å²) in [4.78, 5) is 42.7. The summed E-state index contributed by atoms with van der Waals surface area (Å²) in [6, 6.07) is 57.8. The van der Waals surface area contributed by atoms with Gasteiger partial charge in [0.05, 0.1) is 37.1 Å². The molecule has 3 aliphatic rings. The van der Waals surface area contributed by atoms with Crippen molar-refractivity contribution in [1.29, 1.82) is 1.28 Å². The van der Waals surface area contributed by atoms with Gasteiger partial charge in [-0.05, 0) is 152 Å². The van der Waals surface area contributed by atoms with Crippen LogP contribution in [0.5, 0.6) is 11.5 Å². The molecule has 0 N–H and O–H groups in total. The van der Waals surface area contributed by atoms with Gasteiger partial charge in [0.25, 0.3) is 0 Å². The number of hydrogen-bond donors (Lipinski definition) is 0. The van der Waals surface area contributed by atoms with E-state index in [0.29, 0.717) is 68.4 Å². The fourth-order valence-electron chi connectivity index (χ4n) is 10.2. The molecule has 8 aromatic rings. The maximum atomic E-state index is 13.7. The quantitative estimate of drug-likeness (QED) is 0.0363. The van der Waals surface area contributed by atoms with Crippen molar-refractivity contribution in [2.24, 2.45) is 11.8 Å². The number of halogens is 4. The fourth-order valence-corrected chi connectivity index (χ4v) is 10.2. The molecule has 3 fully saturated rings. The molecule has 3 saturated heterocycles. The molecule has 0 unspecified atom stereocenters. The molecular formula is C65H59F4N2O7PS. The summed E-state index contributed by atoms with van der Waals surface area (Å²) in [6.07, 6.45) is 1.43. The molecule has 0 aliphatic carbocycles. The summed E-state index contributed by atoms with van der Waals surface area (Å²) in [5, 5.41) is 0. The number of anilines is 2. The van der Waals surface area contributed by atoms with Crippen LogP contribution in [0.15, 0.2) is 206 Å². The van der Waals surface area contributed by atoms with E-state index in [1.54, 1.807) is 46.2 Å². The van der Waals surface area contributed by atoms with Crippen molar-refractivity contribution in [3.63, 3.8) is 0 Å². The highest BCUT2D eigenvalue weighted by molar-refractivity contribution is 7.88. The van der Waals surface area contributed by atoms with Gasteiger partial charge in [-0.15, -0.1) is 0 Å². The highest BCUT2D eigenvalue weighted by atomic mass is 32.4. The van der Waals surface area contributed by atoms with Crippen LogP contribution < -0.4 is 19.3 Å². The molecule has 0 saturated carbocycles. The van der Waals surface area contributed by atoms with Crippen molar-refractivity contribution in [2.45, 2.75) is 64.2 Å². The lowest BCUT2D eigenvalue weighted by molar-refractivity contribution is -0.175. The van der Waals surface area contributed by atoms with Gasteiger partial charge in [0.1, 0.15) is 49.3 Å². The van der Waals surface area contributed by atoms with Gasteiger partial charge in [-0.1, -0.05) is 116 Å². The van der Waals surface area contributed by atoms with Crippen LogP contribution in [0.1, 0.15) is 83.4 Å². The van der Waals surface area contributed by atoms with Gasteiger partial charge in [-0.25, -0.2) is 17.6 Å². The second-order valence-corrected chi connectivity index (χ2v) is 19.1. The Hall–Kier alpha value is -7.87. The third-order valence-corrected chi connectivity index (χ3v) is 14.2. The van der Waals surface area contributed by atoms with Crippen molar-refractivity contribution in [3.8, 4) is 11.5 Å². The average molecular weight is 1120 g/mol. The molecule has 410 valence electrons. The fraction of sp³-hybridized carbons (Fsp3) is 0.215. The van der Waals surface area contributed by atoms with Crippen LogP contribution in [0.3, 0.4) is 0 Å². The number of carbonyl (C=O) groups is 3. The van der Waals surface area contributed by atoms with Crippen LogP contribution in [0.2, 0.25) is 0 Å². The molecule has 0 radical (unpaired) electrons. The van der Waals surface area contributed by atoms with Crippen LogP contribution in [0, 0.1) is 35.1 Å². The Balaban J connectivity index is 0.000000201. The van der Waals surface area contributed by atoms with Gasteiger partial charge in [0, 0.05) is 35.3 Å². The number of hydrogen-bond acceptors (Lipinski definition) is 8. The molecule has 2 amide bonds. The zero-order valence-corrected chi connectivity index (χ0v) is 44.4. The number of Topliss-reactive ketones (excluding diaryl/α,β-unsaturated/α-hetero) is 1. The van der Waals surface area contributed by atoms with Crippen molar-refractivity contribution >= 4 is 48.7 Å². The molecular weight excluding hydrogens is 1060 g/mol.